The molecule has 4 N–H and O–H groups in total. The Morgan fingerprint density at radius 2 is 1.77 bits per heavy atom. The van der Waals surface area contributed by atoms with Crippen molar-refractivity contribution in [2.75, 3.05) is 23.7 Å². The second-order valence-electron chi connectivity index (χ2n) is 6.71. The van der Waals surface area contributed by atoms with Crippen molar-refractivity contribution in [3.63, 3.8) is 0 Å². The lowest BCUT2D eigenvalue weighted by Crippen LogP contribution is -2.29. The molecule has 1 atom stereocenters. The van der Waals surface area contributed by atoms with Gasteiger partial charge in [0.25, 0.3) is 5.91 Å². The Bertz CT molecular complexity index is 1090. The predicted octanol–water partition coefficient (Wildman–Crippen LogP) is 4.24. The topological polar surface area (TPSA) is 111 Å². The van der Waals surface area contributed by atoms with Gasteiger partial charge in [0, 0.05) is 13.1 Å². The maximum absolute atomic E-state index is 12.7. The third kappa shape index (κ3) is 4.15. The van der Waals surface area contributed by atoms with Crippen molar-refractivity contribution in [3.05, 3.63) is 52.0 Å². The summed E-state index contributed by atoms with van der Waals surface area (Å²) in [4.78, 5) is 14.2. The first-order chi connectivity index (χ1) is 14.4. The van der Waals surface area contributed by atoms with Crippen LogP contribution in [0.5, 0.6) is 5.75 Å². The van der Waals surface area contributed by atoms with Gasteiger partial charge in [-0.3, -0.25) is 4.79 Å². The molecule has 2 aromatic carbocycles. The number of halogens is 2. The number of carbonyl (C=O) groups excluding carboxylic acids is 1. The van der Waals surface area contributed by atoms with Gasteiger partial charge in [0.1, 0.15) is 0 Å². The van der Waals surface area contributed by atoms with E-state index in [1.807, 2.05) is 0 Å². The standard InChI is InChI=1S/C19H17Cl2N5O3S/c20-12-4-2-5-13(15(12)21)22-17-18(25-30-24-17)23-14-6-1-3-11(16(14)28)19(29)26-8-7-10(27)9-26/h1-6,10,27-28H,7-9H2,(H,22,24)(H,23,25)/t10-/m1/s1. The Labute approximate surface area is 186 Å². The molecule has 0 bridgehead atoms. The predicted molar refractivity (Wildman–Crippen MR) is 118 cm³/mol. The van der Waals surface area contributed by atoms with Gasteiger partial charge in [0.2, 0.25) is 0 Å². The highest BCUT2D eigenvalue weighted by Crippen LogP contribution is 2.36. The second kappa shape index (κ2) is 8.65. The summed E-state index contributed by atoms with van der Waals surface area (Å²) in [7, 11) is 0. The van der Waals surface area contributed by atoms with Crippen LogP contribution in [0.1, 0.15) is 16.8 Å². The molecule has 0 saturated carbocycles. The summed E-state index contributed by atoms with van der Waals surface area (Å²) >= 11 is 13.2. The van der Waals surface area contributed by atoms with Crippen LogP contribution in [-0.2, 0) is 0 Å². The minimum Gasteiger partial charge on any atom is -0.505 e. The Balaban J connectivity index is 1.57. The zero-order valence-corrected chi connectivity index (χ0v) is 17.8. The first-order valence-electron chi connectivity index (χ1n) is 9.04. The number of hydrogen-bond donors (Lipinski definition) is 4. The number of hydrogen-bond acceptors (Lipinski definition) is 8. The quantitative estimate of drug-likeness (QED) is 0.416. The number of nitrogens with zero attached hydrogens (tertiary/aromatic N) is 3. The van der Waals surface area contributed by atoms with Crippen LogP contribution in [0, 0.1) is 0 Å². The molecule has 1 saturated heterocycles. The van der Waals surface area contributed by atoms with Crippen molar-refractivity contribution in [2.45, 2.75) is 12.5 Å². The number of β-amino-alcohol motifs (C(OH)–C–C–N with tert-alkyl or cyclic N) is 1. The highest BCUT2D eigenvalue weighted by Gasteiger charge is 2.27. The fourth-order valence-electron chi connectivity index (χ4n) is 3.12. The van der Waals surface area contributed by atoms with Crippen LogP contribution in [0.25, 0.3) is 0 Å². The molecule has 30 heavy (non-hydrogen) atoms. The van der Waals surface area contributed by atoms with Gasteiger partial charge >= 0.3 is 0 Å². The number of amides is 1. The summed E-state index contributed by atoms with van der Waals surface area (Å²) in [5.41, 5.74) is 0.999. The molecule has 8 nitrogen and oxygen atoms in total. The molecule has 1 amide bonds. The largest absolute Gasteiger partial charge is 0.505 e. The fraction of sp³-hybridized carbons (Fsp3) is 0.211. The van der Waals surface area contributed by atoms with Gasteiger partial charge in [0.05, 0.1) is 44.8 Å². The van der Waals surface area contributed by atoms with E-state index in [2.05, 4.69) is 19.4 Å². The van der Waals surface area contributed by atoms with Gasteiger partial charge in [-0.05, 0) is 30.7 Å². The molecule has 11 heteroatoms. The van der Waals surface area contributed by atoms with E-state index >= 15 is 0 Å². The molecule has 0 aliphatic carbocycles. The SMILES string of the molecule is O=C(c1cccc(Nc2nsnc2Nc2cccc(Cl)c2Cl)c1O)N1CC[C@@H](O)C1. The van der Waals surface area contributed by atoms with E-state index in [-0.39, 0.29) is 23.8 Å². The van der Waals surface area contributed by atoms with Crippen LogP contribution < -0.4 is 10.6 Å². The number of carbonyl (C=O) groups is 1. The van der Waals surface area contributed by atoms with Crippen LogP contribution in [0.4, 0.5) is 23.0 Å². The molecule has 1 aliphatic heterocycles. The first kappa shape index (κ1) is 20.7. The third-order valence-electron chi connectivity index (χ3n) is 4.66. The van der Waals surface area contributed by atoms with E-state index in [9.17, 15) is 15.0 Å². The number of para-hydroxylation sites is 1. The van der Waals surface area contributed by atoms with E-state index < -0.39 is 6.10 Å². The lowest BCUT2D eigenvalue weighted by atomic mass is 10.1. The summed E-state index contributed by atoms with van der Waals surface area (Å²) < 4.78 is 8.41. The normalized spacial score (nSPS) is 16.0. The fourth-order valence-corrected chi connectivity index (χ4v) is 3.94. The Morgan fingerprint density at radius 1 is 1.10 bits per heavy atom. The van der Waals surface area contributed by atoms with Crippen molar-refractivity contribution >= 4 is 63.8 Å². The van der Waals surface area contributed by atoms with Gasteiger partial charge in [-0.15, -0.1) is 0 Å². The number of phenols is 1. The van der Waals surface area contributed by atoms with Crippen molar-refractivity contribution < 1.29 is 15.0 Å². The van der Waals surface area contributed by atoms with Crippen molar-refractivity contribution in [2.24, 2.45) is 0 Å². The number of nitrogens with one attached hydrogen (secondary N) is 2. The number of anilines is 4. The monoisotopic (exact) mass is 465 g/mol. The van der Waals surface area contributed by atoms with Gasteiger partial charge in [-0.25, -0.2) is 0 Å². The molecule has 0 unspecified atom stereocenters. The van der Waals surface area contributed by atoms with Gasteiger partial charge in [-0.1, -0.05) is 35.3 Å². The molecule has 1 aliphatic rings. The Kier molecular flexibility index (Phi) is 5.96. The van der Waals surface area contributed by atoms with E-state index in [1.54, 1.807) is 30.3 Å². The third-order valence-corrected chi connectivity index (χ3v) is 6.01. The molecule has 1 fully saturated rings. The molecular formula is C19H17Cl2N5O3S. The number of aromatic nitrogens is 2. The van der Waals surface area contributed by atoms with Crippen molar-refractivity contribution in [3.8, 4) is 5.75 Å². The van der Waals surface area contributed by atoms with Crippen LogP contribution in [0.3, 0.4) is 0 Å². The maximum atomic E-state index is 12.7. The summed E-state index contributed by atoms with van der Waals surface area (Å²) in [6.45, 7) is 0.696. The van der Waals surface area contributed by atoms with E-state index in [0.29, 0.717) is 46.0 Å². The van der Waals surface area contributed by atoms with Gasteiger partial charge in [0.15, 0.2) is 17.4 Å². The number of aliphatic hydroxyl groups excluding tert-OH is 1. The van der Waals surface area contributed by atoms with E-state index in [1.165, 1.54) is 11.0 Å². The number of aromatic hydroxyl groups is 1. The van der Waals surface area contributed by atoms with Crippen LogP contribution in [0.15, 0.2) is 36.4 Å². The maximum Gasteiger partial charge on any atom is 0.257 e. The van der Waals surface area contributed by atoms with Crippen LogP contribution in [0.2, 0.25) is 10.0 Å². The number of aliphatic hydroxyl groups is 1. The lowest BCUT2D eigenvalue weighted by molar-refractivity contribution is 0.0762. The van der Waals surface area contributed by atoms with Crippen molar-refractivity contribution in [1.82, 2.24) is 13.6 Å². The molecule has 0 radical (unpaired) electrons. The van der Waals surface area contributed by atoms with Crippen LogP contribution in [-0.4, -0.2) is 49.0 Å². The lowest BCUT2D eigenvalue weighted by Gasteiger charge is -2.17. The number of rotatable bonds is 5. The summed E-state index contributed by atoms with van der Waals surface area (Å²) in [6, 6.07) is 9.99. The number of phenolic OH excluding ortho intramolecular Hbond substituents is 1. The Morgan fingerprint density at radius 3 is 2.47 bits per heavy atom. The smallest absolute Gasteiger partial charge is 0.257 e. The zero-order chi connectivity index (χ0) is 21.3. The number of likely N-dealkylation sites (tertiary alicyclic amines) is 1. The highest BCUT2D eigenvalue weighted by atomic mass is 35.5. The molecule has 2 heterocycles. The minimum absolute atomic E-state index is 0.143. The Hall–Kier alpha value is -2.59. The zero-order valence-electron chi connectivity index (χ0n) is 15.5. The average molecular weight is 466 g/mol. The summed E-state index contributed by atoms with van der Waals surface area (Å²) in [6.07, 6.45) is -0.0128. The molecule has 1 aromatic heterocycles. The molecule has 0 spiro atoms. The van der Waals surface area contributed by atoms with Crippen LogP contribution >= 0.6 is 34.9 Å². The van der Waals surface area contributed by atoms with Gasteiger partial charge in [-0.2, -0.15) is 8.75 Å². The summed E-state index contributed by atoms with van der Waals surface area (Å²) in [5, 5.41) is 27.1. The second-order valence-corrected chi connectivity index (χ2v) is 8.02. The summed E-state index contributed by atoms with van der Waals surface area (Å²) in [5.74, 6) is 0.201. The van der Waals surface area contributed by atoms with E-state index in [4.69, 9.17) is 23.2 Å². The minimum atomic E-state index is -0.537. The highest BCUT2D eigenvalue weighted by molar-refractivity contribution is 6.99. The first-order valence-corrected chi connectivity index (χ1v) is 10.5. The molecule has 3 aromatic rings. The van der Waals surface area contributed by atoms with Gasteiger partial charge < -0.3 is 25.7 Å². The van der Waals surface area contributed by atoms with Crippen molar-refractivity contribution in [1.29, 1.82) is 0 Å². The van der Waals surface area contributed by atoms with E-state index in [0.717, 1.165) is 11.7 Å². The number of benzene rings is 2. The molecule has 156 valence electrons. The average Bonchev–Trinajstić information content (AvgIpc) is 3.35. The molecular weight excluding hydrogens is 449 g/mol. The molecule has 4 rings (SSSR count).